The van der Waals surface area contributed by atoms with Gasteiger partial charge in [0.15, 0.2) is 4.34 Å². The fourth-order valence-corrected chi connectivity index (χ4v) is 5.14. The minimum absolute atomic E-state index is 0.0681. The highest BCUT2D eigenvalue weighted by Gasteiger charge is 2.20. The number of hydrogen-bond acceptors (Lipinski definition) is 7. The molecule has 0 aliphatic heterocycles. The number of benzene rings is 1. The molecule has 2 aromatic heterocycles. The summed E-state index contributed by atoms with van der Waals surface area (Å²) in [4.78, 5) is 12.3. The molecule has 0 bridgehead atoms. The third-order valence-electron chi connectivity index (χ3n) is 4.42. The second-order valence-corrected chi connectivity index (χ2v) is 9.56. The van der Waals surface area contributed by atoms with Crippen molar-refractivity contribution >= 4 is 61.6 Å². The van der Waals surface area contributed by atoms with E-state index in [9.17, 15) is 4.79 Å². The number of aromatic nitrogens is 4. The van der Waals surface area contributed by atoms with Crippen LogP contribution < -0.4 is 10.6 Å². The van der Waals surface area contributed by atoms with Gasteiger partial charge in [0.25, 0.3) is 0 Å². The molecular weight excluding hydrogens is 460 g/mol. The smallest absolute Gasteiger partial charge is 0.235 e. The van der Waals surface area contributed by atoms with Crippen LogP contribution in [-0.4, -0.2) is 31.6 Å². The summed E-state index contributed by atoms with van der Waals surface area (Å²) in [7, 11) is 0. The molecule has 0 radical (unpaired) electrons. The molecule has 1 saturated carbocycles. The van der Waals surface area contributed by atoms with Crippen molar-refractivity contribution in [2.75, 3.05) is 16.4 Å². The highest BCUT2D eigenvalue weighted by molar-refractivity contribution is 9.10. The summed E-state index contributed by atoms with van der Waals surface area (Å²) in [5.41, 5.74) is 0.931. The molecule has 3 aromatic rings. The maximum Gasteiger partial charge on any atom is 0.235 e. The number of anilines is 3. The Morgan fingerprint density at radius 1 is 1.29 bits per heavy atom. The molecule has 7 nitrogen and oxygen atoms in total. The van der Waals surface area contributed by atoms with Crippen molar-refractivity contribution in [2.24, 2.45) is 0 Å². The van der Waals surface area contributed by atoms with Gasteiger partial charge in [0.2, 0.25) is 11.0 Å². The largest absolute Gasteiger partial charge is 0.330 e. The second-order valence-electron chi connectivity index (χ2n) is 6.44. The standard InChI is InChI=1S/C18H19BrN6OS2/c19-12-4-3-5-13(10-12)21-17-23-24-18(28-17)27-11-16(26)22-15-8-9-20-25(15)14-6-1-2-7-14/h3-5,8-10,14H,1-2,6-7,11H2,(H,21,23)(H,22,26). The Labute approximate surface area is 179 Å². The zero-order valence-electron chi connectivity index (χ0n) is 15.0. The molecule has 10 heteroatoms. The van der Waals surface area contributed by atoms with Crippen LogP contribution in [0.2, 0.25) is 0 Å². The van der Waals surface area contributed by atoms with E-state index in [4.69, 9.17) is 0 Å². The van der Waals surface area contributed by atoms with Crippen LogP contribution in [0.25, 0.3) is 0 Å². The molecule has 1 aromatic carbocycles. The first-order chi connectivity index (χ1) is 13.7. The fraction of sp³-hybridized carbons (Fsp3) is 0.333. The van der Waals surface area contributed by atoms with E-state index in [0.717, 1.165) is 33.2 Å². The first kappa shape index (κ1) is 19.4. The van der Waals surface area contributed by atoms with Crippen molar-refractivity contribution in [3.8, 4) is 0 Å². The number of carbonyl (C=O) groups excluding carboxylic acids is 1. The summed E-state index contributed by atoms with van der Waals surface area (Å²) in [6.45, 7) is 0. The Bertz CT molecular complexity index is 953. The molecule has 2 N–H and O–H groups in total. The Hall–Kier alpha value is -1.91. The van der Waals surface area contributed by atoms with Gasteiger partial charge in [-0.1, -0.05) is 57.9 Å². The molecular formula is C18H19BrN6OS2. The van der Waals surface area contributed by atoms with E-state index < -0.39 is 0 Å². The highest BCUT2D eigenvalue weighted by atomic mass is 79.9. The molecule has 4 rings (SSSR count). The molecule has 0 saturated heterocycles. The quantitative estimate of drug-likeness (QED) is 0.460. The number of rotatable bonds is 7. The summed E-state index contributed by atoms with van der Waals surface area (Å²) in [6.07, 6.45) is 6.43. The number of nitrogens with one attached hydrogen (secondary N) is 2. The van der Waals surface area contributed by atoms with Crippen molar-refractivity contribution in [3.63, 3.8) is 0 Å². The lowest BCUT2D eigenvalue weighted by Gasteiger charge is -2.14. The molecule has 0 unspecified atom stereocenters. The molecule has 2 heterocycles. The van der Waals surface area contributed by atoms with E-state index in [-0.39, 0.29) is 11.7 Å². The van der Waals surface area contributed by atoms with Gasteiger partial charge in [-0.3, -0.25) is 4.79 Å². The average molecular weight is 479 g/mol. The minimum atomic E-state index is -0.0681. The van der Waals surface area contributed by atoms with Crippen LogP contribution in [0.4, 0.5) is 16.6 Å². The van der Waals surface area contributed by atoms with Crippen molar-refractivity contribution in [2.45, 2.75) is 36.1 Å². The van der Waals surface area contributed by atoms with Crippen LogP contribution in [0.1, 0.15) is 31.7 Å². The normalized spacial score (nSPS) is 14.3. The van der Waals surface area contributed by atoms with Gasteiger partial charge in [-0.2, -0.15) is 5.10 Å². The van der Waals surface area contributed by atoms with Gasteiger partial charge in [-0.25, -0.2) is 4.68 Å². The predicted molar refractivity (Wildman–Crippen MR) is 116 cm³/mol. The highest BCUT2D eigenvalue weighted by Crippen LogP contribution is 2.32. The average Bonchev–Trinajstić information content (AvgIpc) is 3.42. The lowest BCUT2D eigenvalue weighted by molar-refractivity contribution is -0.113. The summed E-state index contributed by atoms with van der Waals surface area (Å²) in [5, 5.41) is 19.5. The van der Waals surface area contributed by atoms with Crippen molar-refractivity contribution < 1.29 is 4.79 Å². The first-order valence-corrected chi connectivity index (χ1v) is 11.6. The zero-order valence-corrected chi connectivity index (χ0v) is 18.2. The number of nitrogens with zero attached hydrogens (tertiary/aromatic N) is 4. The molecule has 146 valence electrons. The maximum atomic E-state index is 12.3. The Balaban J connectivity index is 1.30. The monoisotopic (exact) mass is 478 g/mol. The SMILES string of the molecule is O=C(CSc1nnc(Nc2cccc(Br)c2)s1)Nc1ccnn1C1CCCC1. The Kier molecular flexibility index (Phi) is 6.28. The molecule has 28 heavy (non-hydrogen) atoms. The van der Waals surface area contributed by atoms with E-state index in [2.05, 4.69) is 41.9 Å². The Morgan fingerprint density at radius 3 is 2.96 bits per heavy atom. The predicted octanol–water partition coefficient (Wildman–Crippen LogP) is 5.09. The maximum absolute atomic E-state index is 12.3. The summed E-state index contributed by atoms with van der Waals surface area (Å²) < 4.78 is 3.68. The second kappa shape index (κ2) is 9.06. The lowest BCUT2D eigenvalue weighted by atomic mass is 10.2. The van der Waals surface area contributed by atoms with Crippen LogP contribution in [0.5, 0.6) is 0 Å². The molecule has 0 spiro atoms. The van der Waals surface area contributed by atoms with Gasteiger partial charge in [-0.15, -0.1) is 10.2 Å². The van der Waals surface area contributed by atoms with Gasteiger partial charge in [0.1, 0.15) is 5.82 Å². The third kappa shape index (κ3) is 4.92. The minimum Gasteiger partial charge on any atom is -0.330 e. The topological polar surface area (TPSA) is 84.7 Å². The van der Waals surface area contributed by atoms with E-state index in [1.807, 2.05) is 35.0 Å². The number of hydrogen-bond donors (Lipinski definition) is 2. The fourth-order valence-electron chi connectivity index (χ4n) is 3.17. The third-order valence-corrected chi connectivity index (χ3v) is 6.88. The summed E-state index contributed by atoms with van der Waals surface area (Å²) in [5.74, 6) is 0.981. The zero-order chi connectivity index (χ0) is 19.3. The molecule has 1 amide bonds. The van der Waals surface area contributed by atoms with Crippen molar-refractivity contribution in [1.82, 2.24) is 20.0 Å². The molecule has 1 aliphatic carbocycles. The summed E-state index contributed by atoms with van der Waals surface area (Å²) >= 11 is 6.25. The van der Waals surface area contributed by atoms with Crippen LogP contribution in [0.15, 0.2) is 45.3 Å². The van der Waals surface area contributed by atoms with Crippen LogP contribution in [-0.2, 0) is 4.79 Å². The number of carbonyl (C=O) groups is 1. The van der Waals surface area contributed by atoms with Crippen molar-refractivity contribution in [3.05, 3.63) is 41.0 Å². The first-order valence-electron chi connectivity index (χ1n) is 8.99. The van der Waals surface area contributed by atoms with Gasteiger partial charge < -0.3 is 10.6 Å². The van der Waals surface area contributed by atoms with Crippen LogP contribution >= 0.6 is 39.0 Å². The molecule has 1 aliphatic rings. The summed E-state index contributed by atoms with van der Waals surface area (Å²) in [6, 6.07) is 10.1. The van der Waals surface area contributed by atoms with E-state index in [1.165, 1.54) is 35.9 Å². The number of halogens is 1. The van der Waals surface area contributed by atoms with Crippen molar-refractivity contribution in [1.29, 1.82) is 0 Å². The van der Waals surface area contributed by atoms with Crippen LogP contribution in [0.3, 0.4) is 0 Å². The number of amides is 1. The van der Waals surface area contributed by atoms with E-state index in [0.29, 0.717) is 11.2 Å². The van der Waals surface area contributed by atoms with Gasteiger partial charge in [0, 0.05) is 16.2 Å². The lowest BCUT2D eigenvalue weighted by Crippen LogP contribution is -2.19. The van der Waals surface area contributed by atoms with Gasteiger partial charge in [0.05, 0.1) is 18.0 Å². The van der Waals surface area contributed by atoms with Gasteiger partial charge >= 0.3 is 0 Å². The molecule has 1 fully saturated rings. The molecule has 0 atom stereocenters. The Morgan fingerprint density at radius 2 is 2.14 bits per heavy atom. The van der Waals surface area contributed by atoms with Crippen LogP contribution in [0, 0.1) is 0 Å². The van der Waals surface area contributed by atoms with Gasteiger partial charge in [-0.05, 0) is 31.0 Å². The number of thioether (sulfide) groups is 1. The van der Waals surface area contributed by atoms with E-state index >= 15 is 0 Å². The van der Waals surface area contributed by atoms with E-state index in [1.54, 1.807) is 6.20 Å².